The van der Waals surface area contributed by atoms with Crippen LogP contribution in [0.25, 0.3) is 0 Å². The largest absolute Gasteiger partial charge is 0.309 e. The summed E-state index contributed by atoms with van der Waals surface area (Å²) in [6.45, 7) is 7.74. The molecule has 0 spiro atoms. The van der Waals surface area contributed by atoms with E-state index in [1.54, 1.807) is 6.20 Å². The standard InChI is InChI=1S/C13H20BrN5/c1-3-11-13(14)12(19(4-2)17-11)10-15-7-9-18-8-5-6-16-18/h5-6,8,15H,3-4,7,9-10H2,1-2H3. The van der Waals surface area contributed by atoms with Crippen molar-refractivity contribution < 1.29 is 0 Å². The molecule has 0 atom stereocenters. The van der Waals surface area contributed by atoms with Gasteiger partial charge in [0.15, 0.2) is 0 Å². The third-order valence-corrected chi connectivity index (χ3v) is 3.98. The molecule has 0 aliphatic carbocycles. The molecule has 6 heteroatoms. The molecule has 0 unspecified atom stereocenters. The van der Waals surface area contributed by atoms with Crippen molar-refractivity contribution in [1.29, 1.82) is 0 Å². The summed E-state index contributed by atoms with van der Waals surface area (Å²) in [5.74, 6) is 0. The summed E-state index contributed by atoms with van der Waals surface area (Å²) in [5, 5.41) is 12.2. The molecule has 2 aromatic heterocycles. The van der Waals surface area contributed by atoms with Gasteiger partial charge in [-0.05, 0) is 35.3 Å². The summed E-state index contributed by atoms with van der Waals surface area (Å²) in [6, 6.07) is 1.94. The monoisotopic (exact) mass is 325 g/mol. The third-order valence-electron chi connectivity index (χ3n) is 3.06. The van der Waals surface area contributed by atoms with E-state index in [2.05, 4.69) is 50.0 Å². The number of hydrogen-bond donors (Lipinski definition) is 1. The highest BCUT2D eigenvalue weighted by Crippen LogP contribution is 2.22. The Bertz CT molecular complexity index is 503. The predicted octanol–water partition coefficient (Wildman–Crippen LogP) is 2.21. The Hall–Kier alpha value is -1.14. The number of rotatable bonds is 7. The molecule has 0 amide bonds. The van der Waals surface area contributed by atoms with Crippen LogP contribution >= 0.6 is 15.9 Å². The lowest BCUT2D eigenvalue weighted by atomic mass is 10.3. The number of aryl methyl sites for hydroxylation is 2. The fourth-order valence-electron chi connectivity index (χ4n) is 2.02. The van der Waals surface area contributed by atoms with Crippen molar-refractivity contribution in [1.82, 2.24) is 24.9 Å². The summed E-state index contributed by atoms with van der Waals surface area (Å²) < 4.78 is 5.13. The van der Waals surface area contributed by atoms with Gasteiger partial charge in [0.05, 0.1) is 22.4 Å². The van der Waals surface area contributed by atoms with Gasteiger partial charge in [0.1, 0.15) is 0 Å². The second-order valence-electron chi connectivity index (χ2n) is 4.32. The van der Waals surface area contributed by atoms with E-state index in [1.807, 2.05) is 16.9 Å². The van der Waals surface area contributed by atoms with Crippen LogP contribution in [0.5, 0.6) is 0 Å². The molecule has 0 fully saturated rings. The van der Waals surface area contributed by atoms with Crippen molar-refractivity contribution in [2.75, 3.05) is 6.54 Å². The minimum Gasteiger partial charge on any atom is -0.309 e. The zero-order chi connectivity index (χ0) is 13.7. The molecule has 0 aliphatic heterocycles. The molecule has 0 aromatic carbocycles. The van der Waals surface area contributed by atoms with Crippen LogP contribution < -0.4 is 5.32 Å². The molecule has 2 aromatic rings. The quantitative estimate of drug-likeness (QED) is 0.794. The van der Waals surface area contributed by atoms with E-state index in [1.165, 1.54) is 5.69 Å². The van der Waals surface area contributed by atoms with Gasteiger partial charge in [0.2, 0.25) is 0 Å². The molecule has 104 valence electrons. The van der Waals surface area contributed by atoms with Crippen LogP contribution in [0.2, 0.25) is 0 Å². The molecule has 0 radical (unpaired) electrons. The Morgan fingerprint density at radius 3 is 2.84 bits per heavy atom. The van der Waals surface area contributed by atoms with E-state index in [9.17, 15) is 0 Å². The second-order valence-corrected chi connectivity index (χ2v) is 5.12. The van der Waals surface area contributed by atoms with Crippen LogP contribution in [0, 0.1) is 0 Å². The van der Waals surface area contributed by atoms with Crippen LogP contribution in [0.1, 0.15) is 25.2 Å². The van der Waals surface area contributed by atoms with Crippen LogP contribution in [0.3, 0.4) is 0 Å². The van der Waals surface area contributed by atoms with Crippen molar-refractivity contribution in [3.05, 3.63) is 34.3 Å². The first-order chi connectivity index (χ1) is 9.26. The molecule has 19 heavy (non-hydrogen) atoms. The molecule has 0 aliphatic rings. The van der Waals surface area contributed by atoms with Gasteiger partial charge in [0, 0.05) is 32.0 Å². The highest BCUT2D eigenvalue weighted by molar-refractivity contribution is 9.10. The van der Waals surface area contributed by atoms with E-state index in [0.29, 0.717) is 0 Å². The second kappa shape index (κ2) is 6.86. The molecular formula is C13H20BrN5. The SMILES string of the molecule is CCc1nn(CC)c(CNCCn2cccn2)c1Br. The van der Waals surface area contributed by atoms with E-state index >= 15 is 0 Å². The fourth-order valence-corrected chi connectivity index (χ4v) is 2.72. The third kappa shape index (κ3) is 3.45. The van der Waals surface area contributed by atoms with Crippen molar-refractivity contribution in [3.8, 4) is 0 Å². The number of nitrogens with one attached hydrogen (secondary N) is 1. The van der Waals surface area contributed by atoms with Gasteiger partial charge in [-0.2, -0.15) is 10.2 Å². The maximum Gasteiger partial charge on any atom is 0.0767 e. The van der Waals surface area contributed by atoms with Crippen LogP contribution in [0.4, 0.5) is 0 Å². The molecule has 1 N–H and O–H groups in total. The first-order valence-corrected chi connectivity index (χ1v) is 7.47. The summed E-state index contributed by atoms with van der Waals surface area (Å²) in [6.07, 6.45) is 4.73. The average molecular weight is 326 g/mol. The van der Waals surface area contributed by atoms with Gasteiger partial charge in [-0.3, -0.25) is 9.36 Å². The van der Waals surface area contributed by atoms with Gasteiger partial charge in [0.25, 0.3) is 0 Å². The van der Waals surface area contributed by atoms with Crippen LogP contribution in [-0.4, -0.2) is 26.1 Å². The number of hydrogen-bond acceptors (Lipinski definition) is 3. The van der Waals surface area contributed by atoms with Crippen LogP contribution in [0.15, 0.2) is 22.9 Å². The Labute approximate surface area is 122 Å². The summed E-state index contributed by atoms with van der Waals surface area (Å²) in [5.41, 5.74) is 2.35. The Morgan fingerprint density at radius 1 is 1.37 bits per heavy atom. The molecular weight excluding hydrogens is 306 g/mol. The van der Waals surface area contributed by atoms with Gasteiger partial charge >= 0.3 is 0 Å². The maximum absolute atomic E-state index is 4.59. The fraction of sp³-hybridized carbons (Fsp3) is 0.538. The summed E-state index contributed by atoms with van der Waals surface area (Å²) >= 11 is 3.65. The zero-order valence-corrected chi connectivity index (χ0v) is 13.0. The molecule has 0 saturated carbocycles. The van der Waals surface area contributed by atoms with Gasteiger partial charge in [-0.1, -0.05) is 6.92 Å². The Balaban J connectivity index is 1.90. The van der Waals surface area contributed by atoms with E-state index in [0.717, 1.165) is 42.8 Å². The molecule has 0 bridgehead atoms. The lowest BCUT2D eigenvalue weighted by molar-refractivity contribution is 0.530. The first kappa shape index (κ1) is 14.3. The predicted molar refractivity (Wildman–Crippen MR) is 78.9 cm³/mol. The lowest BCUT2D eigenvalue weighted by Crippen LogP contribution is -2.21. The first-order valence-electron chi connectivity index (χ1n) is 6.68. The van der Waals surface area contributed by atoms with Crippen molar-refractivity contribution in [2.45, 2.75) is 39.9 Å². The Kier molecular flexibility index (Phi) is 5.15. The smallest absolute Gasteiger partial charge is 0.0767 e. The number of aromatic nitrogens is 4. The summed E-state index contributed by atoms with van der Waals surface area (Å²) in [7, 11) is 0. The molecule has 2 heterocycles. The summed E-state index contributed by atoms with van der Waals surface area (Å²) in [4.78, 5) is 0. The van der Waals surface area contributed by atoms with E-state index in [-0.39, 0.29) is 0 Å². The molecule has 2 rings (SSSR count). The highest BCUT2D eigenvalue weighted by atomic mass is 79.9. The zero-order valence-electron chi connectivity index (χ0n) is 11.4. The van der Waals surface area contributed by atoms with Crippen molar-refractivity contribution in [2.24, 2.45) is 0 Å². The topological polar surface area (TPSA) is 47.7 Å². The Morgan fingerprint density at radius 2 is 2.21 bits per heavy atom. The number of halogens is 1. The van der Waals surface area contributed by atoms with E-state index in [4.69, 9.17) is 0 Å². The van der Waals surface area contributed by atoms with Gasteiger partial charge < -0.3 is 5.32 Å². The van der Waals surface area contributed by atoms with E-state index < -0.39 is 0 Å². The highest BCUT2D eigenvalue weighted by Gasteiger charge is 2.12. The number of nitrogens with zero attached hydrogens (tertiary/aromatic N) is 4. The van der Waals surface area contributed by atoms with Crippen molar-refractivity contribution in [3.63, 3.8) is 0 Å². The van der Waals surface area contributed by atoms with Gasteiger partial charge in [-0.15, -0.1) is 0 Å². The minimum atomic E-state index is 0.822. The van der Waals surface area contributed by atoms with Crippen molar-refractivity contribution >= 4 is 15.9 Å². The van der Waals surface area contributed by atoms with Crippen LogP contribution in [-0.2, 0) is 26.1 Å². The lowest BCUT2D eigenvalue weighted by Gasteiger charge is -2.07. The van der Waals surface area contributed by atoms with Gasteiger partial charge in [-0.25, -0.2) is 0 Å². The molecule has 0 saturated heterocycles. The average Bonchev–Trinajstić information content (AvgIpc) is 3.03. The maximum atomic E-state index is 4.59. The minimum absolute atomic E-state index is 0.822. The normalized spacial score (nSPS) is 11.1. The molecule has 5 nitrogen and oxygen atoms in total.